The summed E-state index contributed by atoms with van der Waals surface area (Å²) < 4.78 is 11.0. The van der Waals surface area contributed by atoms with Crippen molar-refractivity contribution in [3.8, 4) is 11.5 Å². The Morgan fingerprint density at radius 1 is 1.09 bits per heavy atom. The number of amides is 2. The molecule has 1 fully saturated rings. The highest BCUT2D eigenvalue weighted by Gasteiger charge is 2.19. The van der Waals surface area contributed by atoms with Gasteiger partial charge < -0.3 is 19.7 Å². The van der Waals surface area contributed by atoms with Gasteiger partial charge in [0.15, 0.2) is 17.3 Å². The number of ether oxygens (including phenoxy) is 2. The van der Waals surface area contributed by atoms with Gasteiger partial charge in [0.05, 0.1) is 13.7 Å². The van der Waals surface area contributed by atoms with Crippen LogP contribution in [0.2, 0.25) is 0 Å². The van der Waals surface area contributed by atoms with Gasteiger partial charge in [0.25, 0.3) is 0 Å². The Hall–Kier alpha value is -3.35. The second-order valence-electron chi connectivity index (χ2n) is 7.82. The molecule has 1 aliphatic rings. The van der Waals surface area contributed by atoms with E-state index in [9.17, 15) is 14.4 Å². The minimum Gasteiger partial charge on any atom is -0.493 e. The molecule has 7 nitrogen and oxygen atoms in total. The molecule has 2 amide bonds. The van der Waals surface area contributed by atoms with Gasteiger partial charge in [-0.25, -0.2) is 0 Å². The van der Waals surface area contributed by atoms with E-state index in [0.717, 1.165) is 30.6 Å². The monoisotopic (exact) mass is 438 g/mol. The van der Waals surface area contributed by atoms with Gasteiger partial charge in [0.2, 0.25) is 11.8 Å². The first-order valence-electron chi connectivity index (χ1n) is 11.0. The first-order valence-corrected chi connectivity index (χ1v) is 11.0. The molecule has 1 heterocycles. The Morgan fingerprint density at radius 2 is 1.94 bits per heavy atom. The zero-order valence-electron chi connectivity index (χ0n) is 18.7. The highest BCUT2D eigenvalue weighted by atomic mass is 16.5. The van der Waals surface area contributed by atoms with Gasteiger partial charge >= 0.3 is 0 Å². The van der Waals surface area contributed by atoms with Crippen molar-refractivity contribution in [1.29, 1.82) is 0 Å². The standard InChI is InChI=1S/C25H30N2O5/c1-18(28)20-11-12-22(23(16-20)31-2)32-14-6-9-24(29)26-17-19-7-5-8-21(15-19)27-13-4-3-10-25(27)30/h5,7-8,11-12,15-16H,3-4,6,9-10,13-14,17H2,1-2H3,(H,26,29). The molecule has 0 atom stereocenters. The number of carbonyl (C=O) groups excluding carboxylic acids is 3. The summed E-state index contributed by atoms with van der Waals surface area (Å²) in [6.07, 6.45) is 3.44. The maximum atomic E-state index is 12.2. The SMILES string of the molecule is COc1cc(C(C)=O)ccc1OCCCC(=O)NCc1cccc(N2CCCCC2=O)c1. The summed E-state index contributed by atoms with van der Waals surface area (Å²) in [6, 6.07) is 12.8. The normalized spacial score (nSPS) is 13.6. The van der Waals surface area contributed by atoms with Crippen LogP contribution in [0.5, 0.6) is 11.5 Å². The maximum absolute atomic E-state index is 12.2. The number of carbonyl (C=O) groups is 3. The lowest BCUT2D eigenvalue weighted by atomic mass is 10.1. The van der Waals surface area contributed by atoms with Gasteiger partial charge in [-0.1, -0.05) is 12.1 Å². The molecule has 170 valence electrons. The summed E-state index contributed by atoms with van der Waals surface area (Å²) in [5, 5.41) is 2.92. The number of anilines is 1. The lowest BCUT2D eigenvalue weighted by Gasteiger charge is -2.27. The van der Waals surface area contributed by atoms with Crippen LogP contribution < -0.4 is 19.7 Å². The summed E-state index contributed by atoms with van der Waals surface area (Å²) in [4.78, 5) is 37.6. The van der Waals surface area contributed by atoms with E-state index in [1.807, 2.05) is 29.2 Å². The van der Waals surface area contributed by atoms with Crippen LogP contribution in [0.3, 0.4) is 0 Å². The molecule has 2 aromatic carbocycles. The molecular formula is C25H30N2O5. The number of nitrogens with one attached hydrogen (secondary N) is 1. The van der Waals surface area contributed by atoms with Crippen LogP contribution in [0.25, 0.3) is 0 Å². The largest absolute Gasteiger partial charge is 0.493 e. The summed E-state index contributed by atoms with van der Waals surface area (Å²) >= 11 is 0. The second-order valence-corrected chi connectivity index (χ2v) is 7.82. The first-order chi connectivity index (χ1) is 15.5. The summed E-state index contributed by atoms with van der Waals surface area (Å²) in [5.74, 6) is 1.09. The Morgan fingerprint density at radius 3 is 2.69 bits per heavy atom. The van der Waals surface area contributed by atoms with Crippen LogP contribution in [0.4, 0.5) is 5.69 Å². The lowest BCUT2D eigenvalue weighted by Crippen LogP contribution is -2.35. The van der Waals surface area contributed by atoms with E-state index >= 15 is 0 Å². The second kappa shape index (κ2) is 11.3. The molecule has 1 saturated heterocycles. The highest BCUT2D eigenvalue weighted by Crippen LogP contribution is 2.28. The molecular weight excluding hydrogens is 408 g/mol. The van der Waals surface area contributed by atoms with Gasteiger partial charge in [-0.15, -0.1) is 0 Å². The van der Waals surface area contributed by atoms with Crippen LogP contribution in [0.15, 0.2) is 42.5 Å². The topological polar surface area (TPSA) is 84.9 Å². The molecule has 32 heavy (non-hydrogen) atoms. The highest BCUT2D eigenvalue weighted by molar-refractivity contribution is 5.95. The van der Waals surface area contributed by atoms with E-state index in [-0.39, 0.29) is 17.6 Å². The van der Waals surface area contributed by atoms with Crippen LogP contribution in [0, 0.1) is 0 Å². The van der Waals surface area contributed by atoms with Crippen molar-refractivity contribution in [1.82, 2.24) is 5.32 Å². The number of rotatable bonds is 10. The van der Waals surface area contributed by atoms with Gasteiger partial charge in [-0.2, -0.15) is 0 Å². The van der Waals surface area contributed by atoms with E-state index in [1.54, 1.807) is 18.2 Å². The molecule has 1 N–H and O–H groups in total. The average molecular weight is 439 g/mol. The van der Waals surface area contributed by atoms with Crippen molar-refractivity contribution < 1.29 is 23.9 Å². The predicted molar refractivity (Wildman–Crippen MR) is 122 cm³/mol. The molecule has 3 rings (SSSR count). The molecule has 0 unspecified atom stereocenters. The van der Waals surface area contributed by atoms with Crippen LogP contribution >= 0.6 is 0 Å². The molecule has 0 saturated carbocycles. The minimum absolute atomic E-state index is 0.0421. The van der Waals surface area contributed by atoms with Crippen LogP contribution in [-0.2, 0) is 16.1 Å². The summed E-state index contributed by atoms with van der Waals surface area (Å²) in [5.41, 5.74) is 2.41. The molecule has 7 heteroatoms. The lowest BCUT2D eigenvalue weighted by molar-refractivity contribution is -0.121. The molecule has 2 aromatic rings. The number of piperidine rings is 1. The van der Waals surface area contributed by atoms with Gasteiger partial charge in [-0.05, 0) is 62.1 Å². The molecule has 0 aliphatic carbocycles. The quantitative estimate of drug-likeness (QED) is 0.449. The number of ketones is 1. The van der Waals surface area contributed by atoms with Gasteiger partial charge in [-0.3, -0.25) is 14.4 Å². The molecule has 0 radical (unpaired) electrons. The smallest absolute Gasteiger partial charge is 0.226 e. The Labute approximate surface area is 188 Å². The van der Waals surface area contributed by atoms with E-state index < -0.39 is 0 Å². The van der Waals surface area contributed by atoms with E-state index in [2.05, 4.69) is 5.32 Å². The number of hydrogen-bond donors (Lipinski definition) is 1. The van der Waals surface area contributed by atoms with Crippen LogP contribution in [-0.4, -0.2) is 37.9 Å². The number of benzene rings is 2. The van der Waals surface area contributed by atoms with Crippen LogP contribution in [0.1, 0.15) is 54.9 Å². The van der Waals surface area contributed by atoms with E-state index in [0.29, 0.717) is 49.5 Å². The Balaban J connectivity index is 1.43. The van der Waals surface area contributed by atoms with Crippen molar-refractivity contribution in [3.05, 3.63) is 53.6 Å². The zero-order valence-corrected chi connectivity index (χ0v) is 18.7. The van der Waals surface area contributed by atoms with E-state index in [4.69, 9.17) is 9.47 Å². The minimum atomic E-state index is -0.0630. The fourth-order valence-corrected chi connectivity index (χ4v) is 3.62. The zero-order chi connectivity index (χ0) is 22.9. The third kappa shape index (κ3) is 6.33. The average Bonchev–Trinajstić information content (AvgIpc) is 2.81. The Bertz CT molecular complexity index is 973. The number of Topliss-reactive ketones (excluding diaryl/α,β-unsaturated/α-hetero) is 1. The molecule has 0 bridgehead atoms. The first kappa shape index (κ1) is 23.3. The molecule has 1 aliphatic heterocycles. The maximum Gasteiger partial charge on any atom is 0.226 e. The number of nitrogens with zero attached hydrogens (tertiary/aromatic N) is 1. The van der Waals surface area contributed by atoms with E-state index in [1.165, 1.54) is 14.0 Å². The number of methoxy groups -OCH3 is 1. The number of hydrogen-bond acceptors (Lipinski definition) is 5. The molecule has 0 spiro atoms. The van der Waals surface area contributed by atoms with Crippen molar-refractivity contribution in [2.24, 2.45) is 0 Å². The fraction of sp³-hybridized carbons (Fsp3) is 0.400. The third-order valence-corrected chi connectivity index (χ3v) is 5.41. The van der Waals surface area contributed by atoms with Crippen molar-refractivity contribution in [2.45, 2.75) is 45.6 Å². The van der Waals surface area contributed by atoms with Gasteiger partial charge in [0, 0.05) is 37.2 Å². The van der Waals surface area contributed by atoms with Gasteiger partial charge in [0.1, 0.15) is 0 Å². The fourth-order valence-electron chi connectivity index (χ4n) is 3.62. The van der Waals surface area contributed by atoms with Crippen molar-refractivity contribution >= 4 is 23.3 Å². The summed E-state index contributed by atoms with van der Waals surface area (Å²) in [7, 11) is 1.52. The third-order valence-electron chi connectivity index (χ3n) is 5.41. The Kier molecular flexibility index (Phi) is 8.25. The predicted octanol–water partition coefficient (Wildman–Crippen LogP) is 3.89. The van der Waals surface area contributed by atoms with Crippen molar-refractivity contribution in [3.63, 3.8) is 0 Å². The van der Waals surface area contributed by atoms with Crippen molar-refractivity contribution in [2.75, 3.05) is 25.2 Å². The summed E-state index contributed by atoms with van der Waals surface area (Å²) in [6.45, 7) is 3.01. The molecule has 0 aromatic heterocycles.